The molecule has 7 heteroatoms. The van der Waals surface area contributed by atoms with Gasteiger partial charge in [-0.2, -0.15) is 0 Å². The molecule has 1 aromatic carbocycles. The highest BCUT2D eigenvalue weighted by atomic mass is 32.2. The molecule has 0 bridgehead atoms. The lowest BCUT2D eigenvalue weighted by molar-refractivity contribution is 0.0988. The van der Waals surface area contributed by atoms with Crippen molar-refractivity contribution in [3.8, 4) is 0 Å². The summed E-state index contributed by atoms with van der Waals surface area (Å²) in [4.78, 5) is 0. The molecule has 0 aliphatic heterocycles. The zero-order valence-corrected chi connectivity index (χ0v) is 10.0. The highest BCUT2D eigenvalue weighted by Gasteiger charge is 2.13. The van der Waals surface area contributed by atoms with E-state index in [1.165, 1.54) is 0 Å². The molecule has 1 unspecified atom stereocenters. The van der Waals surface area contributed by atoms with Gasteiger partial charge in [0.15, 0.2) is 0 Å². The van der Waals surface area contributed by atoms with E-state index < -0.39 is 22.7 Å². The lowest BCUT2D eigenvalue weighted by Gasteiger charge is -2.09. The van der Waals surface area contributed by atoms with E-state index >= 15 is 0 Å². The molecule has 0 saturated carbocycles. The topological polar surface area (TPSA) is 113 Å². The molecule has 6 nitrogen and oxygen atoms in total. The number of sulfonamides is 1. The lowest BCUT2D eigenvalue weighted by atomic mass is 10.2. The summed E-state index contributed by atoms with van der Waals surface area (Å²) in [7, 11) is -3.51. The SMILES string of the molecule is Nc1ccc(CS(=O)(=O)NCC(O)CO)cc1. The van der Waals surface area contributed by atoms with Crippen LogP contribution in [0.25, 0.3) is 0 Å². The number of aliphatic hydroxyl groups excluding tert-OH is 2. The second-order valence-electron chi connectivity index (χ2n) is 3.69. The van der Waals surface area contributed by atoms with Crippen molar-refractivity contribution in [1.29, 1.82) is 0 Å². The molecule has 0 fully saturated rings. The summed E-state index contributed by atoms with van der Waals surface area (Å²) in [6.45, 7) is -0.682. The van der Waals surface area contributed by atoms with Gasteiger partial charge in [-0.25, -0.2) is 13.1 Å². The first-order valence-corrected chi connectivity index (χ1v) is 6.69. The van der Waals surface area contributed by atoms with Gasteiger partial charge in [0.05, 0.1) is 18.5 Å². The predicted molar refractivity (Wildman–Crippen MR) is 64.6 cm³/mol. The molecule has 0 aliphatic carbocycles. The van der Waals surface area contributed by atoms with Crippen LogP contribution in [0.2, 0.25) is 0 Å². The van der Waals surface area contributed by atoms with Gasteiger partial charge in [0.25, 0.3) is 0 Å². The Morgan fingerprint density at radius 3 is 2.41 bits per heavy atom. The second-order valence-corrected chi connectivity index (χ2v) is 5.49. The predicted octanol–water partition coefficient (Wildman–Crippen LogP) is -0.959. The van der Waals surface area contributed by atoms with Crippen molar-refractivity contribution in [2.45, 2.75) is 11.9 Å². The summed E-state index contributed by atoms with van der Waals surface area (Å²) >= 11 is 0. The maximum absolute atomic E-state index is 11.6. The molecule has 0 amide bonds. The number of hydrogen-bond acceptors (Lipinski definition) is 5. The van der Waals surface area contributed by atoms with Crippen LogP contribution in [0.5, 0.6) is 0 Å². The number of anilines is 1. The minimum Gasteiger partial charge on any atom is -0.399 e. The smallest absolute Gasteiger partial charge is 0.215 e. The highest BCUT2D eigenvalue weighted by Crippen LogP contribution is 2.08. The van der Waals surface area contributed by atoms with Crippen LogP contribution in [0, 0.1) is 0 Å². The Balaban J connectivity index is 2.57. The molecule has 1 aromatic rings. The first kappa shape index (κ1) is 13.9. The Labute approximate surface area is 100 Å². The third-order valence-electron chi connectivity index (χ3n) is 2.09. The van der Waals surface area contributed by atoms with Crippen LogP contribution in [0.15, 0.2) is 24.3 Å². The number of hydrogen-bond donors (Lipinski definition) is 4. The third kappa shape index (κ3) is 5.14. The summed E-state index contributed by atoms with van der Waals surface area (Å²) in [6, 6.07) is 6.48. The van der Waals surface area contributed by atoms with Crippen LogP contribution in [-0.2, 0) is 15.8 Å². The molecule has 1 rings (SSSR count). The summed E-state index contributed by atoms with van der Waals surface area (Å²) < 4.78 is 25.3. The van der Waals surface area contributed by atoms with Crippen molar-refractivity contribution in [2.75, 3.05) is 18.9 Å². The largest absolute Gasteiger partial charge is 0.399 e. The minimum absolute atomic E-state index is 0.189. The summed E-state index contributed by atoms with van der Waals surface area (Å²) in [6.07, 6.45) is -1.09. The van der Waals surface area contributed by atoms with Gasteiger partial charge in [-0.3, -0.25) is 0 Å². The second kappa shape index (κ2) is 5.97. The first-order valence-electron chi connectivity index (χ1n) is 5.03. The van der Waals surface area contributed by atoms with E-state index in [1.54, 1.807) is 24.3 Å². The van der Waals surface area contributed by atoms with Gasteiger partial charge in [0, 0.05) is 12.2 Å². The van der Waals surface area contributed by atoms with Crippen LogP contribution in [-0.4, -0.2) is 37.9 Å². The van der Waals surface area contributed by atoms with E-state index in [1.807, 2.05) is 0 Å². The van der Waals surface area contributed by atoms with Gasteiger partial charge in [-0.05, 0) is 17.7 Å². The average Bonchev–Trinajstić information content (AvgIpc) is 2.29. The maximum atomic E-state index is 11.6. The summed E-state index contributed by atoms with van der Waals surface area (Å²) in [5, 5.41) is 17.6. The molecule has 0 heterocycles. The first-order chi connectivity index (χ1) is 7.93. The number of aliphatic hydroxyl groups is 2. The van der Waals surface area contributed by atoms with Gasteiger partial charge >= 0.3 is 0 Å². The molecule has 0 saturated heterocycles. The standard InChI is InChI=1S/C10H16N2O4S/c11-9-3-1-8(2-4-9)7-17(15,16)12-5-10(14)6-13/h1-4,10,12-14H,5-7,11H2. The molecule has 5 N–H and O–H groups in total. The number of nitrogens with two attached hydrogens (primary N) is 1. The summed E-state index contributed by atoms with van der Waals surface area (Å²) in [5.74, 6) is -0.189. The van der Waals surface area contributed by atoms with Crippen LogP contribution in [0.1, 0.15) is 5.56 Å². The fraction of sp³-hybridized carbons (Fsp3) is 0.400. The van der Waals surface area contributed by atoms with E-state index in [0.29, 0.717) is 11.3 Å². The fourth-order valence-electron chi connectivity index (χ4n) is 1.17. The number of nitrogen functional groups attached to an aromatic ring is 1. The van der Waals surface area contributed by atoms with Crippen molar-refractivity contribution < 1.29 is 18.6 Å². The van der Waals surface area contributed by atoms with E-state index in [4.69, 9.17) is 15.9 Å². The Bertz CT molecular complexity index is 444. The maximum Gasteiger partial charge on any atom is 0.215 e. The normalized spacial score (nSPS) is 13.5. The quantitative estimate of drug-likeness (QED) is 0.492. The van der Waals surface area contributed by atoms with Crippen molar-refractivity contribution in [3.05, 3.63) is 29.8 Å². The van der Waals surface area contributed by atoms with Gasteiger partial charge in [-0.15, -0.1) is 0 Å². The van der Waals surface area contributed by atoms with Crippen LogP contribution in [0.3, 0.4) is 0 Å². The number of rotatable bonds is 6. The van der Waals surface area contributed by atoms with E-state index in [0.717, 1.165) is 0 Å². The fourth-order valence-corrected chi connectivity index (χ4v) is 2.35. The molecule has 0 radical (unpaired) electrons. The van der Waals surface area contributed by atoms with Crippen molar-refractivity contribution in [2.24, 2.45) is 0 Å². The lowest BCUT2D eigenvalue weighted by Crippen LogP contribution is -2.34. The van der Waals surface area contributed by atoms with Gasteiger partial charge < -0.3 is 15.9 Å². The van der Waals surface area contributed by atoms with Gasteiger partial charge in [-0.1, -0.05) is 12.1 Å². The van der Waals surface area contributed by atoms with Crippen molar-refractivity contribution >= 4 is 15.7 Å². The van der Waals surface area contributed by atoms with Crippen LogP contribution >= 0.6 is 0 Å². The Morgan fingerprint density at radius 1 is 1.29 bits per heavy atom. The zero-order chi connectivity index (χ0) is 12.9. The zero-order valence-electron chi connectivity index (χ0n) is 9.20. The Hall–Kier alpha value is -1.15. The Kier molecular flexibility index (Phi) is 4.88. The monoisotopic (exact) mass is 260 g/mol. The van der Waals surface area contributed by atoms with Crippen molar-refractivity contribution in [3.63, 3.8) is 0 Å². The third-order valence-corrected chi connectivity index (χ3v) is 3.41. The molecule has 0 aliphatic rings. The molecular weight excluding hydrogens is 244 g/mol. The highest BCUT2D eigenvalue weighted by molar-refractivity contribution is 7.88. The van der Waals surface area contributed by atoms with Crippen LogP contribution < -0.4 is 10.5 Å². The van der Waals surface area contributed by atoms with Gasteiger partial charge in [0.1, 0.15) is 0 Å². The molecule has 1 atom stereocenters. The average molecular weight is 260 g/mol. The van der Waals surface area contributed by atoms with E-state index in [-0.39, 0.29) is 12.3 Å². The summed E-state index contributed by atoms with van der Waals surface area (Å²) in [5.41, 5.74) is 6.65. The minimum atomic E-state index is -3.51. The molecule has 0 aromatic heterocycles. The van der Waals surface area contributed by atoms with E-state index in [2.05, 4.69) is 4.72 Å². The number of benzene rings is 1. The van der Waals surface area contributed by atoms with Gasteiger partial charge in [0.2, 0.25) is 10.0 Å². The molecule has 17 heavy (non-hydrogen) atoms. The van der Waals surface area contributed by atoms with Crippen molar-refractivity contribution in [1.82, 2.24) is 4.72 Å². The number of nitrogens with one attached hydrogen (secondary N) is 1. The molecular formula is C10H16N2O4S. The van der Waals surface area contributed by atoms with E-state index in [9.17, 15) is 8.42 Å². The molecule has 0 spiro atoms. The Morgan fingerprint density at radius 2 is 1.88 bits per heavy atom. The van der Waals surface area contributed by atoms with Crippen LogP contribution in [0.4, 0.5) is 5.69 Å². The molecule has 96 valence electrons.